The van der Waals surface area contributed by atoms with E-state index >= 15 is 0 Å². The van der Waals surface area contributed by atoms with E-state index in [1.165, 1.54) is 12.1 Å². The van der Waals surface area contributed by atoms with Crippen molar-refractivity contribution in [2.45, 2.75) is 12.1 Å². The number of likely N-dealkylation sites (N-methyl/N-ethyl adjacent to an activating group) is 1. The molecule has 1 heterocycles. The van der Waals surface area contributed by atoms with Gasteiger partial charge in [-0.2, -0.15) is 13.2 Å². The Hall–Kier alpha value is -1.36. The van der Waals surface area contributed by atoms with Crippen molar-refractivity contribution < 1.29 is 13.2 Å². The normalized spacial score (nSPS) is 22.1. The Morgan fingerprint density at radius 1 is 1.29 bits per heavy atom. The van der Waals surface area contributed by atoms with E-state index in [4.69, 9.17) is 5.41 Å². The highest BCUT2D eigenvalue weighted by atomic mass is 19.4. The summed E-state index contributed by atoms with van der Waals surface area (Å²) in [5.41, 5.74) is -0.0522. The van der Waals surface area contributed by atoms with Gasteiger partial charge < -0.3 is 5.41 Å². The minimum absolute atomic E-state index is 0.217. The molecule has 0 spiro atoms. The zero-order valence-corrected chi connectivity index (χ0v) is 9.38. The molecule has 5 heteroatoms. The smallest absolute Gasteiger partial charge is 0.308 e. The maximum Gasteiger partial charge on any atom is 0.416 e. The van der Waals surface area contributed by atoms with Crippen LogP contribution in [0.3, 0.4) is 0 Å². The quantitative estimate of drug-likeness (QED) is 0.805. The van der Waals surface area contributed by atoms with Crippen molar-refractivity contribution in [1.82, 2.24) is 4.90 Å². The summed E-state index contributed by atoms with van der Waals surface area (Å²) in [5, 5.41) is 7.77. The number of hydrogen-bond acceptors (Lipinski definition) is 2. The van der Waals surface area contributed by atoms with Gasteiger partial charge in [0.2, 0.25) is 0 Å². The molecule has 17 heavy (non-hydrogen) atoms. The van der Waals surface area contributed by atoms with Crippen molar-refractivity contribution in [3.8, 4) is 0 Å². The second-order valence-corrected chi connectivity index (χ2v) is 4.36. The topological polar surface area (TPSA) is 27.1 Å². The van der Waals surface area contributed by atoms with Crippen LogP contribution in [0.25, 0.3) is 0 Å². The Bertz CT molecular complexity index is 440. The molecule has 0 unspecified atom stereocenters. The van der Waals surface area contributed by atoms with Crippen molar-refractivity contribution in [3.05, 3.63) is 35.4 Å². The molecule has 1 aliphatic rings. The lowest BCUT2D eigenvalue weighted by Gasteiger charge is -2.17. The molecule has 1 atom stereocenters. The number of likely N-dealkylation sites (tertiary alicyclic amines) is 1. The van der Waals surface area contributed by atoms with Crippen LogP contribution in [0, 0.1) is 5.41 Å². The van der Waals surface area contributed by atoms with Crippen molar-refractivity contribution >= 4 is 5.71 Å². The van der Waals surface area contributed by atoms with E-state index in [1.54, 1.807) is 6.07 Å². The molecule has 0 bridgehead atoms. The van der Waals surface area contributed by atoms with Crippen LogP contribution in [0.1, 0.15) is 17.0 Å². The second kappa shape index (κ2) is 4.14. The van der Waals surface area contributed by atoms with Gasteiger partial charge in [0.1, 0.15) is 0 Å². The molecular weight excluding hydrogens is 229 g/mol. The highest BCUT2D eigenvalue weighted by Crippen LogP contribution is 2.36. The summed E-state index contributed by atoms with van der Waals surface area (Å²) >= 11 is 0. The summed E-state index contributed by atoms with van der Waals surface area (Å²) in [5.74, 6) is -0.433. The third kappa shape index (κ3) is 2.34. The molecule has 0 amide bonds. The van der Waals surface area contributed by atoms with Gasteiger partial charge in [0.15, 0.2) is 0 Å². The SMILES string of the molecule is CN1CC(=N)[C@@H](c2ccccc2C(F)(F)F)C1. The molecule has 1 aromatic rings. The van der Waals surface area contributed by atoms with Crippen LogP contribution in [0.15, 0.2) is 24.3 Å². The molecular formula is C12H13F3N2. The number of rotatable bonds is 1. The molecule has 0 aliphatic carbocycles. The third-order valence-electron chi connectivity index (χ3n) is 3.00. The highest BCUT2D eigenvalue weighted by molar-refractivity contribution is 5.92. The fraction of sp³-hybridized carbons (Fsp3) is 0.417. The van der Waals surface area contributed by atoms with E-state index in [0.717, 1.165) is 6.07 Å². The second-order valence-electron chi connectivity index (χ2n) is 4.36. The maximum atomic E-state index is 12.8. The first-order chi connectivity index (χ1) is 7.89. The summed E-state index contributed by atoms with van der Waals surface area (Å²) in [6.45, 7) is 0.919. The highest BCUT2D eigenvalue weighted by Gasteiger charge is 2.37. The van der Waals surface area contributed by atoms with E-state index < -0.39 is 17.7 Å². The van der Waals surface area contributed by atoms with Crippen molar-refractivity contribution in [2.24, 2.45) is 0 Å². The van der Waals surface area contributed by atoms with Crippen molar-refractivity contribution in [2.75, 3.05) is 20.1 Å². The Morgan fingerprint density at radius 2 is 1.94 bits per heavy atom. The first-order valence-corrected chi connectivity index (χ1v) is 5.31. The Labute approximate surface area is 97.6 Å². The summed E-state index contributed by atoms with van der Waals surface area (Å²) in [6, 6.07) is 5.53. The van der Waals surface area contributed by atoms with Gasteiger partial charge in [-0.1, -0.05) is 18.2 Å². The van der Waals surface area contributed by atoms with Gasteiger partial charge in [0, 0.05) is 24.7 Å². The lowest BCUT2D eigenvalue weighted by Crippen LogP contribution is -2.16. The molecule has 0 saturated carbocycles. The van der Waals surface area contributed by atoms with Gasteiger partial charge in [-0.15, -0.1) is 0 Å². The number of nitrogens with zero attached hydrogens (tertiary/aromatic N) is 1. The van der Waals surface area contributed by atoms with E-state index in [1.807, 2.05) is 11.9 Å². The molecule has 1 fully saturated rings. The predicted octanol–water partition coefficient (Wildman–Crippen LogP) is 2.75. The van der Waals surface area contributed by atoms with Crippen LogP contribution in [0.4, 0.5) is 13.2 Å². The standard InChI is InChI=1S/C12H13F3N2/c1-17-6-9(11(16)7-17)8-4-2-3-5-10(8)12(13,14)15/h2-5,9,16H,6-7H2,1H3/t9-/m1/s1. The monoisotopic (exact) mass is 242 g/mol. The van der Waals surface area contributed by atoms with Crippen LogP contribution < -0.4 is 0 Å². The molecule has 1 aliphatic heterocycles. The molecule has 92 valence electrons. The summed E-state index contributed by atoms with van der Waals surface area (Å²) in [7, 11) is 1.81. The first-order valence-electron chi connectivity index (χ1n) is 5.31. The van der Waals surface area contributed by atoms with Gasteiger partial charge in [-0.25, -0.2) is 0 Å². The molecule has 1 aromatic carbocycles. The average molecular weight is 242 g/mol. The van der Waals surface area contributed by atoms with Gasteiger partial charge in [0.05, 0.1) is 5.56 Å². The van der Waals surface area contributed by atoms with Crippen LogP contribution in [0.2, 0.25) is 0 Å². The van der Waals surface area contributed by atoms with E-state index in [0.29, 0.717) is 18.8 Å². The summed E-state index contributed by atoms with van der Waals surface area (Å²) in [6.07, 6.45) is -4.35. The van der Waals surface area contributed by atoms with Crippen LogP contribution in [0.5, 0.6) is 0 Å². The lowest BCUT2D eigenvalue weighted by molar-refractivity contribution is -0.138. The van der Waals surface area contributed by atoms with E-state index in [-0.39, 0.29) is 5.56 Å². The number of nitrogens with one attached hydrogen (secondary N) is 1. The Kier molecular flexibility index (Phi) is 2.95. The minimum atomic E-state index is -4.35. The van der Waals surface area contributed by atoms with Gasteiger partial charge in [-0.05, 0) is 18.7 Å². The zero-order chi connectivity index (χ0) is 12.6. The maximum absolute atomic E-state index is 12.8. The molecule has 0 radical (unpaired) electrons. The van der Waals surface area contributed by atoms with E-state index in [9.17, 15) is 13.2 Å². The van der Waals surface area contributed by atoms with Crippen LogP contribution >= 0.6 is 0 Å². The van der Waals surface area contributed by atoms with Gasteiger partial charge >= 0.3 is 6.18 Å². The first kappa shape index (κ1) is 12.1. The number of benzene rings is 1. The Balaban J connectivity index is 2.42. The molecule has 1 saturated heterocycles. The average Bonchev–Trinajstić information content (AvgIpc) is 2.56. The zero-order valence-electron chi connectivity index (χ0n) is 9.38. The van der Waals surface area contributed by atoms with Crippen molar-refractivity contribution in [1.29, 1.82) is 5.41 Å². The number of halogens is 3. The fourth-order valence-electron chi connectivity index (χ4n) is 2.23. The summed E-state index contributed by atoms with van der Waals surface area (Å²) < 4.78 is 38.5. The summed E-state index contributed by atoms with van der Waals surface area (Å²) in [4.78, 5) is 1.86. The van der Waals surface area contributed by atoms with Crippen LogP contribution in [-0.4, -0.2) is 30.7 Å². The molecule has 1 N–H and O–H groups in total. The molecule has 0 aromatic heterocycles. The molecule has 2 nitrogen and oxygen atoms in total. The number of hydrogen-bond donors (Lipinski definition) is 1. The van der Waals surface area contributed by atoms with E-state index in [2.05, 4.69) is 0 Å². The fourth-order valence-corrected chi connectivity index (χ4v) is 2.23. The van der Waals surface area contributed by atoms with Gasteiger partial charge in [-0.3, -0.25) is 4.90 Å². The Morgan fingerprint density at radius 3 is 2.47 bits per heavy atom. The number of alkyl halides is 3. The minimum Gasteiger partial charge on any atom is -0.308 e. The van der Waals surface area contributed by atoms with Crippen LogP contribution in [-0.2, 0) is 6.18 Å². The molecule has 2 rings (SSSR count). The van der Waals surface area contributed by atoms with Gasteiger partial charge in [0.25, 0.3) is 0 Å². The lowest BCUT2D eigenvalue weighted by atomic mass is 9.92. The third-order valence-corrected chi connectivity index (χ3v) is 3.00. The largest absolute Gasteiger partial charge is 0.416 e. The predicted molar refractivity (Wildman–Crippen MR) is 59.4 cm³/mol. The van der Waals surface area contributed by atoms with Crippen molar-refractivity contribution in [3.63, 3.8) is 0 Å².